The van der Waals surface area contributed by atoms with E-state index in [0.29, 0.717) is 0 Å². The van der Waals surface area contributed by atoms with Crippen molar-refractivity contribution in [3.05, 3.63) is 35.4 Å². The summed E-state index contributed by atoms with van der Waals surface area (Å²) in [6, 6.07) is 9.21. The van der Waals surface area contributed by atoms with Gasteiger partial charge in [0.05, 0.1) is 0 Å². The van der Waals surface area contributed by atoms with Crippen LogP contribution in [0.2, 0.25) is 0 Å². The zero-order chi connectivity index (χ0) is 12.6. The van der Waals surface area contributed by atoms with E-state index in [9.17, 15) is 0 Å². The third kappa shape index (κ3) is 4.43. The Bertz CT molecular complexity index is 325. The first-order valence-corrected chi connectivity index (χ1v) is 7.39. The van der Waals surface area contributed by atoms with Gasteiger partial charge >= 0.3 is 0 Å². The van der Waals surface area contributed by atoms with E-state index in [0.717, 1.165) is 13.1 Å². The van der Waals surface area contributed by atoms with Gasteiger partial charge in [-0.05, 0) is 36.9 Å². The molecule has 1 aromatic carbocycles. The second-order valence-electron chi connectivity index (χ2n) is 5.26. The van der Waals surface area contributed by atoms with Gasteiger partial charge in [-0.1, -0.05) is 37.6 Å². The fourth-order valence-corrected chi connectivity index (χ4v) is 2.60. The number of benzene rings is 1. The first-order valence-electron chi connectivity index (χ1n) is 7.39. The summed E-state index contributed by atoms with van der Waals surface area (Å²) < 4.78 is 0. The predicted octanol–water partition coefficient (Wildman–Crippen LogP) is 2.48. The van der Waals surface area contributed by atoms with E-state index in [1.807, 2.05) is 0 Å². The van der Waals surface area contributed by atoms with Gasteiger partial charge in [0.25, 0.3) is 0 Å². The van der Waals surface area contributed by atoms with Gasteiger partial charge in [0.1, 0.15) is 0 Å². The number of aryl methyl sites for hydroxylation is 2. The highest BCUT2D eigenvalue weighted by atomic mass is 15.2. The topological polar surface area (TPSA) is 15.3 Å². The highest BCUT2D eigenvalue weighted by Gasteiger charge is 2.08. The van der Waals surface area contributed by atoms with Crippen molar-refractivity contribution in [3.63, 3.8) is 0 Å². The lowest BCUT2D eigenvalue weighted by atomic mass is 10.0. The summed E-state index contributed by atoms with van der Waals surface area (Å²) in [4.78, 5) is 2.57. The van der Waals surface area contributed by atoms with E-state index in [4.69, 9.17) is 0 Å². The average molecular weight is 246 g/mol. The average Bonchev–Trinajstić information content (AvgIpc) is 2.42. The Morgan fingerprint density at radius 1 is 1.00 bits per heavy atom. The molecule has 0 amide bonds. The molecule has 1 fully saturated rings. The Morgan fingerprint density at radius 2 is 1.61 bits per heavy atom. The second kappa shape index (κ2) is 7.55. The molecule has 2 heteroatoms. The van der Waals surface area contributed by atoms with Crippen LogP contribution in [0.25, 0.3) is 0 Å². The molecular weight excluding hydrogens is 220 g/mol. The maximum Gasteiger partial charge on any atom is 0.0107 e. The predicted molar refractivity (Wildman–Crippen MR) is 78.1 cm³/mol. The largest absolute Gasteiger partial charge is 0.314 e. The minimum atomic E-state index is 1.16. The second-order valence-corrected chi connectivity index (χ2v) is 5.26. The molecular formula is C16H26N2. The fourth-order valence-electron chi connectivity index (χ4n) is 2.60. The SMILES string of the molecule is CCCc1ccc(CCCN2CCNCC2)cc1. The normalized spacial score (nSPS) is 16.9. The van der Waals surface area contributed by atoms with E-state index in [-0.39, 0.29) is 0 Å². The van der Waals surface area contributed by atoms with Gasteiger partial charge < -0.3 is 10.2 Å². The monoisotopic (exact) mass is 246 g/mol. The zero-order valence-corrected chi connectivity index (χ0v) is 11.6. The van der Waals surface area contributed by atoms with Gasteiger partial charge in [0.2, 0.25) is 0 Å². The number of hydrogen-bond acceptors (Lipinski definition) is 2. The van der Waals surface area contributed by atoms with Crippen LogP contribution in [-0.4, -0.2) is 37.6 Å². The van der Waals surface area contributed by atoms with Crippen molar-refractivity contribution >= 4 is 0 Å². The minimum Gasteiger partial charge on any atom is -0.314 e. The first-order chi connectivity index (χ1) is 8.88. The van der Waals surface area contributed by atoms with E-state index in [1.54, 1.807) is 0 Å². The lowest BCUT2D eigenvalue weighted by Gasteiger charge is -2.27. The molecule has 0 atom stereocenters. The molecule has 1 aliphatic rings. The van der Waals surface area contributed by atoms with Gasteiger partial charge in [-0.25, -0.2) is 0 Å². The highest BCUT2D eigenvalue weighted by molar-refractivity contribution is 5.22. The van der Waals surface area contributed by atoms with Gasteiger partial charge in [0, 0.05) is 26.2 Å². The Balaban J connectivity index is 1.69. The van der Waals surface area contributed by atoms with Gasteiger partial charge in [-0.15, -0.1) is 0 Å². The summed E-state index contributed by atoms with van der Waals surface area (Å²) in [5.41, 5.74) is 2.97. The van der Waals surface area contributed by atoms with Crippen LogP contribution < -0.4 is 5.32 Å². The molecule has 2 rings (SSSR count). The molecule has 18 heavy (non-hydrogen) atoms. The van der Waals surface area contributed by atoms with E-state index >= 15 is 0 Å². The van der Waals surface area contributed by atoms with Crippen molar-refractivity contribution in [1.82, 2.24) is 10.2 Å². The summed E-state index contributed by atoms with van der Waals surface area (Å²) in [5.74, 6) is 0. The Morgan fingerprint density at radius 3 is 2.22 bits per heavy atom. The molecule has 0 aromatic heterocycles. The summed E-state index contributed by atoms with van der Waals surface area (Å²) >= 11 is 0. The molecule has 2 nitrogen and oxygen atoms in total. The molecule has 100 valence electrons. The molecule has 0 radical (unpaired) electrons. The maximum absolute atomic E-state index is 3.40. The van der Waals surface area contributed by atoms with Gasteiger partial charge in [0.15, 0.2) is 0 Å². The van der Waals surface area contributed by atoms with Crippen LogP contribution in [0, 0.1) is 0 Å². The van der Waals surface area contributed by atoms with Crippen molar-refractivity contribution < 1.29 is 0 Å². The standard InChI is InChI=1S/C16H26N2/c1-2-4-15-6-8-16(9-7-15)5-3-12-18-13-10-17-11-14-18/h6-9,17H,2-5,10-14H2,1H3. The maximum atomic E-state index is 3.40. The molecule has 1 aliphatic heterocycles. The third-order valence-corrected chi connectivity index (χ3v) is 3.71. The van der Waals surface area contributed by atoms with Crippen molar-refractivity contribution in [1.29, 1.82) is 0 Å². The van der Waals surface area contributed by atoms with Crippen LogP contribution in [0.3, 0.4) is 0 Å². The third-order valence-electron chi connectivity index (χ3n) is 3.71. The molecule has 0 spiro atoms. The van der Waals surface area contributed by atoms with Crippen molar-refractivity contribution in [2.24, 2.45) is 0 Å². The van der Waals surface area contributed by atoms with Gasteiger partial charge in [-0.3, -0.25) is 0 Å². The molecule has 0 bridgehead atoms. The van der Waals surface area contributed by atoms with Crippen molar-refractivity contribution in [2.75, 3.05) is 32.7 Å². The lowest BCUT2D eigenvalue weighted by Crippen LogP contribution is -2.43. The van der Waals surface area contributed by atoms with E-state index < -0.39 is 0 Å². The summed E-state index contributed by atoms with van der Waals surface area (Å²) in [6.07, 6.45) is 4.95. The fraction of sp³-hybridized carbons (Fsp3) is 0.625. The Kier molecular flexibility index (Phi) is 5.69. The van der Waals surface area contributed by atoms with Crippen molar-refractivity contribution in [3.8, 4) is 0 Å². The highest BCUT2D eigenvalue weighted by Crippen LogP contribution is 2.09. The summed E-state index contributed by atoms with van der Waals surface area (Å²) in [5, 5.41) is 3.40. The molecule has 1 N–H and O–H groups in total. The molecule has 0 saturated carbocycles. The molecule has 1 heterocycles. The molecule has 1 saturated heterocycles. The number of piperazine rings is 1. The summed E-state index contributed by atoms with van der Waals surface area (Å²) in [7, 11) is 0. The van der Waals surface area contributed by atoms with Crippen LogP contribution in [-0.2, 0) is 12.8 Å². The quantitative estimate of drug-likeness (QED) is 0.829. The smallest absolute Gasteiger partial charge is 0.0107 e. The first kappa shape index (κ1) is 13.6. The minimum absolute atomic E-state index is 1.16. The van der Waals surface area contributed by atoms with Crippen LogP contribution in [0.15, 0.2) is 24.3 Å². The zero-order valence-electron chi connectivity index (χ0n) is 11.6. The van der Waals surface area contributed by atoms with Crippen LogP contribution >= 0.6 is 0 Å². The van der Waals surface area contributed by atoms with E-state index in [2.05, 4.69) is 41.4 Å². The molecule has 0 aliphatic carbocycles. The number of rotatable bonds is 6. The lowest BCUT2D eigenvalue weighted by molar-refractivity contribution is 0.238. The van der Waals surface area contributed by atoms with Gasteiger partial charge in [-0.2, -0.15) is 0 Å². The van der Waals surface area contributed by atoms with Crippen LogP contribution in [0.1, 0.15) is 30.9 Å². The number of hydrogen-bond donors (Lipinski definition) is 1. The number of nitrogens with zero attached hydrogens (tertiary/aromatic N) is 1. The van der Waals surface area contributed by atoms with Crippen molar-refractivity contribution in [2.45, 2.75) is 32.6 Å². The Hall–Kier alpha value is -0.860. The Labute approximate surface area is 111 Å². The number of nitrogens with one attached hydrogen (secondary N) is 1. The molecule has 1 aromatic rings. The summed E-state index contributed by atoms with van der Waals surface area (Å²) in [6.45, 7) is 8.24. The molecule has 0 unspecified atom stereocenters. The van der Waals surface area contributed by atoms with Crippen LogP contribution in [0.5, 0.6) is 0 Å². The van der Waals surface area contributed by atoms with Crippen LogP contribution in [0.4, 0.5) is 0 Å². The van der Waals surface area contributed by atoms with E-state index in [1.165, 1.54) is 56.4 Å².